The second-order valence-electron chi connectivity index (χ2n) is 12.8. The Kier molecular flexibility index (Phi) is 9.18. The van der Waals surface area contributed by atoms with Gasteiger partial charge in [-0.05, 0) is 84.8 Å². The minimum Gasteiger partial charge on any atom is -0.507 e. The molecule has 4 atom stereocenters. The molecule has 0 radical (unpaired) electrons. The van der Waals surface area contributed by atoms with Gasteiger partial charge < -0.3 is 19.5 Å². The number of carbonyl (C=O) groups excluding carboxylic acids is 2. The smallest absolute Gasteiger partial charge is 0.455 e. The third-order valence-electron chi connectivity index (χ3n) is 9.59. The summed E-state index contributed by atoms with van der Waals surface area (Å²) in [6, 6.07) is 11.5. The molecule has 0 bridgehead atoms. The largest absolute Gasteiger partial charge is 0.507 e. The van der Waals surface area contributed by atoms with Gasteiger partial charge in [0.05, 0.1) is 41.4 Å². The SMILES string of the molecule is COCC1=C2[C@@H](CC/C(C)=C/c3ccc(O)c4ccccc34)OB(O)C[C@@H]2[C@@H]2C(=O)N(c3cc(C(F)(F)F)cc(C(F)(F)F)c3)C(=O)[C@@H]2C1. The number of phenols is 1. The number of hydrogen-bond acceptors (Lipinski definition) is 6. The molecule has 1 aliphatic carbocycles. The predicted molar refractivity (Wildman–Crippen MR) is 169 cm³/mol. The third-order valence-corrected chi connectivity index (χ3v) is 9.59. The fourth-order valence-electron chi connectivity index (χ4n) is 7.52. The van der Waals surface area contributed by atoms with Crippen molar-refractivity contribution in [3.8, 4) is 5.75 Å². The van der Waals surface area contributed by atoms with E-state index in [0.29, 0.717) is 46.4 Å². The molecule has 0 saturated carbocycles. The number of hydrogen-bond donors (Lipinski definition) is 2. The summed E-state index contributed by atoms with van der Waals surface area (Å²) < 4.78 is 93.4. The molecule has 7 nitrogen and oxygen atoms in total. The zero-order valence-corrected chi connectivity index (χ0v) is 26.4. The molecule has 258 valence electrons. The number of halogens is 6. The van der Waals surface area contributed by atoms with Crippen molar-refractivity contribution < 1.29 is 55.5 Å². The van der Waals surface area contributed by atoms with Crippen LogP contribution in [0, 0.1) is 17.8 Å². The summed E-state index contributed by atoms with van der Waals surface area (Å²) in [4.78, 5) is 28.1. The molecule has 49 heavy (non-hydrogen) atoms. The first-order valence-electron chi connectivity index (χ1n) is 15.7. The lowest BCUT2D eigenvalue weighted by atomic mass is 9.58. The Hall–Kier alpha value is -4.14. The van der Waals surface area contributed by atoms with E-state index in [9.17, 15) is 46.1 Å². The third kappa shape index (κ3) is 6.61. The molecular weight excluding hydrogens is 655 g/mol. The Morgan fingerprint density at radius 1 is 0.980 bits per heavy atom. The van der Waals surface area contributed by atoms with Crippen LogP contribution in [0.4, 0.5) is 32.0 Å². The van der Waals surface area contributed by atoms with Gasteiger partial charge in [0.15, 0.2) is 0 Å². The molecular formula is C35H32BF6NO6. The monoisotopic (exact) mass is 687 g/mol. The van der Waals surface area contributed by atoms with Crippen LogP contribution >= 0.6 is 0 Å². The second-order valence-corrected chi connectivity index (χ2v) is 12.8. The average Bonchev–Trinajstić information content (AvgIpc) is 3.29. The maximum Gasteiger partial charge on any atom is 0.455 e. The van der Waals surface area contributed by atoms with Gasteiger partial charge in [-0.1, -0.05) is 42.0 Å². The van der Waals surface area contributed by atoms with Crippen LogP contribution in [0.2, 0.25) is 6.32 Å². The number of aromatic hydroxyl groups is 1. The summed E-state index contributed by atoms with van der Waals surface area (Å²) in [5, 5.41) is 22.6. The standard InChI is InChI=1S/C35H32BF6NO6/c1-18(11-19-8-9-28(44)25-6-4-3-5-24(19)25)7-10-29-30-20(17-48-2)12-26-31(27(30)16-36(47)49-29)33(46)43(32(26)45)23-14-21(34(37,38)39)13-22(15-23)35(40,41)42/h3-6,8-9,11,13-15,26-27,29,31,44,47H,7,10,12,16-17H2,1-2H3/b18-11+/t26-,27+,29-,31-/m1/s1. The number of imide groups is 1. The second kappa shape index (κ2) is 13.0. The summed E-state index contributed by atoms with van der Waals surface area (Å²) in [6.07, 6.45) is -8.34. The molecule has 2 fully saturated rings. The quantitative estimate of drug-likeness (QED) is 0.116. The minimum absolute atomic E-state index is 0.0131. The van der Waals surface area contributed by atoms with E-state index < -0.39 is 72.0 Å². The highest BCUT2D eigenvalue weighted by Crippen LogP contribution is 2.52. The summed E-state index contributed by atoms with van der Waals surface area (Å²) >= 11 is 0. The van der Waals surface area contributed by atoms with Gasteiger partial charge in [0.2, 0.25) is 11.8 Å². The molecule has 14 heteroatoms. The molecule has 0 unspecified atom stereocenters. The van der Waals surface area contributed by atoms with E-state index in [-0.39, 0.29) is 31.2 Å². The summed E-state index contributed by atoms with van der Waals surface area (Å²) in [5.74, 6) is -4.66. The van der Waals surface area contributed by atoms with Crippen LogP contribution in [0.3, 0.4) is 0 Å². The number of phenolic OH excluding ortho intramolecular Hbond substituents is 1. The fraction of sp³-hybridized carbons (Fsp3) is 0.371. The Labute approximate surface area is 277 Å². The number of anilines is 1. The number of methoxy groups -OCH3 is 1. The number of fused-ring (bicyclic) bond motifs is 4. The van der Waals surface area contributed by atoms with Gasteiger partial charge in [0, 0.05) is 12.5 Å². The maximum absolute atomic E-state index is 13.9. The summed E-state index contributed by atoms with van der Waals surface area (Å²) in [6.45, 7) is 1.96. The van der Waals surface area contributed by atoms with Gasteiger partial charge >= 0.3 is 19.5 Å². The fourth-order valence-corrected chi connectivity index (χ4v) is 7.52. The van der Waals surface area contributed by atoms with Crippen molar-refractivity contribution in [3.63, 3.8) is 0 Å². The normalized spacial score (nSPS) is 23.4. The van der Waals surface area contributed by atoms with E-state index >= 15 is 0 Å². The van der Waals surface area contributed by atoms with Crippen LogP contribution in [0.25, 0.3) is 16.8 Å². The maximum atomic E-state index is 13.9. The van der Waals surface area contributed by atoms with E-state index in [4.69, 9.17) is 9.39 Å². The van der Waals surface area contributed by atoms with Crippen LogP contribution in [0.1, 0.15) is 42.9 Å². The highest BCUT2D eigenvalue weighted by Gasteiger charge is 2.58. The Morgan fingerprint density at radius 3 is 2.27 bits per heavy atom. The molecule has 2 aliphatic heterocycles. The van der Waals surface area contributed by atoms with Crippen molar-refractivity contribution in [2.45, 2.75) is 51.0 Å². The van der Waals surface area contributed by atoms with Crippen molar-refractivity contribution in [2.75, 3.05) is 18.6 Å². The Bertz CT molecular complexity index is 1840. The van der Waals surface area contributed by atoms with Crippen molar-refractivity contribution in [1.29, 1.82) is 0 Å². The molecule has 2 saturated heterocycles. The Morgan fingerprint density at radius 2 is 1.63 bits per heavy atom. The van der Waals surface area contributed by atoms with Gasteiger partial charge in [-0.15, -0.1) is 0 Å². The first kappa shape index (κ1) is 34.7. The van der Waals surface area contributed by atoms with E-state index in [1.807, 2.05) is 37.3 Å². The summed E-state index contributed by atoms with van der Waals surface area (Å²) in [7, 11) is 0.0979. The van der Waals surface area contributed by atoms with Gasteiger partial charge in [-0.3, -0.25) is 9.59 Å². The van der Waals surface area contributed by atoms with Gasteiger partial charge in [0.1, 0.15) is 5.75 Å². The molecule has 0 spiro atoms. The number of amides is 2. The van der Waals surface area contributed by atoms with Crippen molar-refractivity contribution in [1.82, 2.24) is 0 Å². The van der Waals surface area contributed by atoms with Crippen LogP contribution in [0.15, 0.2) is 71.3 Å². The van der Waals surface area contributed by atoms with E-state index in [0.717, 1.165) is 16.5 Å². The van der Waals surface area contributed by atoms with Crippen molar-refractivity contribution in [2.24, 2.45) is 17.8 Å². The topological polar surface area (TPSA) is 96.3 Å². The summed E-state index contributed by atoms with van der Waals surface area (Å²) in [5.41, 5.74) is -0.977. The minimum atomic E-state index is -5.17. The molecule has 2 heterocycles. The average molecular weight is 687 g/mol. The number of rotatable bonds is 7. The number of carbonyl (C=O) groups is 2. The van der Waals surface area contributed by atoms with Gasteiger partial charge in [0.25, 0.3) is 0 Å². The molecule has 3 aromatic carbocycles. The molecule has 0 aromatic heterocycles. The first-order valence-corrected chi connectivity index (χ1v) is 15.7. The zero-order chi connectivity index (χ0) is 35.4. The predicted octanol–water partition coefficient (Wildman–Crippen LogP) is 7.41. The molecule has 2 N–H and O–H groups in total. The lowest BCUT2D eigenvalue weighted by Gasteiger charge is -2.43. The molecule has 6 rings (SSSR count). The zero-order valence-electron chi connectivity index (χ0n) is 26.4. The highest BCUT2D eigenvalue weighted by molar-refractivity contribution is 6.43. The number of alkyl halides is 6. The first-order chi connectivity index (χ1) is 23.1. The number of allylic oxidation sites excluding steroid dienone is 1. The van der Waals surface area contributed by atoms with Crippen LogP contribution in [0.5, 0.6) is 5.75 Å². The van der Waals surface area contributed by atoms with Crippen molar-refractivity contribution >= 4 is 41.5 Å². The van der Waals surface area contributed by atoms with Gasteiger partial charge in [-0.25, -0.2) is 4.90 Å². The van der Waals surface area contributed by atoms with Crippen LogP contribution in [-0.4, -0.2) is 48.9 Å². The molecule has 3 aliphatic rings. The van der Waals surface area contributed by atoms with E-state index in [2.05, 4.69) is 0 Å². The van der Waals surface area contributed by atoms with Gasteiger partial charge in [-0.2, -0.15) is 26.3 Å². The number of ether oxygens (including phenoxy) is 1. The van der Waals surface area contributed by atoms with Crippen LogP contribution < -0.4 is 4.90 Å². The van der Waals surface area contributed by atoms with Crippen LogP contribution in [-0.2, 0) is 31.3 Å². The van der Waals surface area contributed by atoms with Crippen molar-refractivity contribution in [3.05, 3.63) is 88.0 Å². The lowest BCUT2D eigenvalue weighted by Crippen LogP contribution is -2.46. The van der Waals surface area contributed by atoms with E-state index in [1.54, 1.807) is 12.1 Å². The molecule has 3 aromatic rings. The van der Waals surface area contributed by atoms with E-state index in [1.165, 1.54) is 7.11 Å². The molecule has 2 amide bonds. The number of nitrogens with zero attached hydrogens (tertiary/aromatic N) is 1. The number of benzene rings is 3. The lowest BCUT2D eigenvalue weighted by molar-refractivity contribution is -0.143. The Balaban J connectivity index is 1.32. The highest BCUT2D eigenvalue weighted by atomic mass is 19.4.